The van der Waals surface area contributed by atoms with Crippen molar-refractivity contribution in [1.29, 1.82) is 0 Å². The van der Waals surface area contributed by atoms with Crippen LogP contribution in [0.2, 0.25) is 10.0 Å². The van der Waals surface area contributed by atoms with E-state index >= 15 is 0 Å². The average Bonchev–Trinajstić information content (AvgIpc) is 3.19. The maximum atomic E-state index is 12.9. The highest BCUT2D eigenvalue weighted by Gasteiger charge is 2.50. The molecule has 0 radical (unpaired) electrons. The van der Waals surface area contributed by atoms with Crippen molar-refractivity contribution in [3.63, 3.8) is 0 Å². The Kier molecular flexibility index (Phi) is 5.17. The first-order valence-electron chi connectivity index (χ1n) is 8.15. The molecule has 1 aromatic carbocycles. The molecule has 2 atom stereocenters. The van der Waals surface area contributed by atoms with Gasteiger partial charge in [-0.3, -0.25) is 14.5 Å². The van der Waals surface area contributed by atoms with Crippen molar-refractivity contribution in [3.05, 3.63) is 58.0 Å². The summed E-state index contributed by atoms with van der Waals surface area (Å²) in [4.78, 5) is 38.3. The Labute approximate surface area is 165 Å². The average molecular weight is 410 g/mol. The molecule has 0 spiro atoms. The Balaban J connectivity index is 1.75. The second-order valence-corrected chi connectivity index (χ2v) is 7.22. The lowest BCUT2D eigenvalue weighted by molar-refractivity contribution is -0.135. The van der Waals surface area contributed by atoms with Gasteiger partial charge in [0.25, 0.3) is 5.91 Å². The molecule has 3 rings (SSSR count). The summed E-state index contributed by atoms with van der Waals surface area (Å²) < 4.78 is 5.22. The molecule has 1 aromatic heterocycles. The fourth-order valence-corrected chi connectivity index (χ4v) is 3.56. The fourth-order valence-electron chi connectivity index (χ4n) is 2.96. The van der Waals surface area contributed by atoms with Gasteiger partial charge in [-0.05, 0) is 38.1 Å². The predicted octanol–water partition coefficient (Wildman–Crippen LogP) is 3.23. The molecule has 0 unspecified atom stereocenters. The molecule has 27 heavy (non-hydrogen) atoms. The van der Waals surface area contributed by atoms with Crippen LogP contribution in [0.5, 0.6) is 0 Å². The Hall–Kier alpha value is -2.51. The summed E-state index contributed by atoms with van der Waals surface area (Å²) >= 11 is 12.1. The van der Waals surface area contributed by atoms with Crippen LogP contribution < -0.4 is 10.6 Å². The van der Waals surface area contributed by atoms with Crippen molar-refractivity contribution in [2.45, 2.75) is 25.4 Å². The highest BCUT2D eigenvalue weighted by Crippen LogP contribution is 2.34. The zero-order valence-electron chi connectivity index (χ0n) is 14.6. The van der Waals surface area contributed by atoms with Crippen LogP contribution >= 0.6 is 23.2 Å². The molecular formula is C18H17Cl2N3O4. The highest BCUT2D eigenvalue weighted by atomic mass is 35.5. The summed E-state index contributed by atoms with van der Waals surface area (Å²) in [5.74, 6) is -0.496. The van der Waals surface area contributed by atoms with Gasteiger partial charge in [0.05, 0.1) is 12.3 Å². The van der Waals surface area contributed by atoms with Crippen molar-refractivity contribution in [3.8, 4) is 0 Å². The number of hydrogen-bond acceptors (Lipinski definition) is 4. The molecule has 142 valence electrons. The van der Waals surface area contributed by atoms with Crippen LogP contribution in [0.4, 0.5) is 4.79 Å². The van der Waals surface area contributed by atoms with Crippen molar-refractivity contribution in [2.75, 3.05) is 6.54 Å². The minimum Gasteiger partial charge on any atom is -0.467 e. The maximum Gasteiger partial charge on any atom is 0.325 e. The van der Waals surface area contributed by atoms with Crippen LogP contribution in [0.3, 0.4) is 0 Å². The van der Waals surface area contributed by atoms with Crippen LogP contribution in [0.25, 0.3) is 0 Å². The van der Waals surface area contributed by atoms with Gasteiger partial charge in [0.2, 0.25) is 5.91 Å². The minimum atomic E-state index is -1.38. The summed E-state index contributed by atoms with van der Waals surface area (Å²) in [5.41, 5.74) is -0.982. The van der Waals surface area contributed by atoms with E-state index in [1.807, 2.05) is 0 Å². The first kappa shape index (κ1) is 19.3. The number of nitrogens with zero attached hydrogens (tertiary/aromatic N) is 1. The van der Waals surface area contributed by atoms with E-state index in [0.29, 0.717) is 16.3 Å². The predicted molar refractivity (Wildman–Crippen MR) is 99.3 cm³/mol. The van der Waals surface area contributed by atoms with E-state index in [4.69, 9.17) is 27.6 Å². The molecule has 2 aromatic rings. The molecule has 2 N–H and O–H groups in total. The standard InChI is InChI=1S/C18H17Cl2N3O4/c1-10(14-4-3-7-27-14)21-15(24)9-23-16(25)18(2,22-17(23)26)12-6-5-11(19)8-13(12)20/h3-8,10H,9H2,1-2H3,(H,21,24)(H,22,26)/t10-,18+/m0/s1. The lowest BCUT2D eigenvalue weighted by atomic mass is 9.92. The molecule has 4 amide bonds. The van der Waals surface area contributed by atoms with Crippen LogP contribution in [-0.4, -0.2) is 29.3 Å². The number of urea groups is 1. The van der Waals surface area contributed by atoms with Gasteiger partial charge in [-0.1, -0.05) is 29.3 Å². The Bertz CT molecular complexity index is 900. The topological polar surface area (TPSA) is 91.7 Å². The van der Waals surface area contributed by atoms with Gasteiger partial charge >= 0.3 is 6.03 Å². The number of amides is 4. The van der Waals surface area contributed by atoms with Gasteiger partial charge in [-0.2, -0.15) is 0 Å². The summed E-state index contributed by atoms with van der Waals surface area (Å²) in [5, 5.41) is 5.95. The van der Waals surface area contributed by atoms with Gasteiger partial charge in [0.15, 0.2) is 0 Å². The summed E-state index contributed by atoms with van der Waals surface area (Å²) in [6, 6.07) is 7.00. The number of imide groups is 1. The molecule has 1 fully saturated rings. The Morgan fingerprint density at radius 3 is 2.70 bits per heavy atom. The highest BCUT2D eigenvalue weighted by molar-refractivity contribution is 6.35. The van der Waals surface area contributed by atoms with Crippen molar-refractivity contribution < 1.29 is 18.8 Å². The first-order valence-corrected chi connectivity index (χ1v) is 8.90. The smallest absolute Gasteiger partial charge is 0.325 e. The molecule has 1 aliphatic rings. The quantitative estimate of drug-likeness (QED) is 0.741. The number of hydrogen-bond donors (Lipinski definition) is 2. The van der Waals surface area contributed by atoms with Gasteiger partial charge in [-0.15, -0.1) is 0 Å². The normalized spacial score (nSPS) is 20.5. The first-order chi connectivity index (χ1) is 12.7. The molecule has 2 heterocycles. The summed E-state index contributed by atoms with van der Waals surface area (Å²) in [6.45, 7) is 2.85. The van der Waals surface area contributed by atoms with E-state index in [9.17, 15) is 14.4 Å². The van der Waals surface area contributed by atoms with Crippen LogP contribution in [0.1, 0.15) is 31.2 Å². The van der Waals surface area contributed by atoms with Gasteiger partial charge in [0.1, 0.15) is 17.8 Å². The number of rotatable bonds is 5. The Morgan fingerprint density at radius 1 is 1.33 bits per heavy atom. The third-order valence-corrected chi connectivity index (χ3v) is 4.94. The van der Waals surface area contributed by atoms with E-state index in [2.05, 4.69) is 10.6 Å². The van der Waals surface area contributed by atoms with E-state index in [1.54, 1.807) is 31.2 Å². The number of carbonyl (C=O) groups is 3. The number of furan rings is 1. The van der Waals surface area contributed by atoms with E-state index < -0.39 is 36.0 Å². The zero-order chi connectivity index (χ0) is 19.8. The molecule has 0 bridgehead atoms. The Morgan fingerprint density at radius 2 is 2.07 bits per heavy atom. The monoisotopic (exact) mass is 409 g/mol. The molecule has 9 heteroatoms. The number of nitrogens with one attached hydrogen (secondary N) is 2. The molecule has 0 aliphatic carbocycles. The number of carbonyl (C=O) groups excluding carboxylic acids is 3. The molecule has 1 aliphatic heterocycles. The largest absolute Gasteiger partial charge is 0.467 e. The molecule has 1 saturated heterocycles. The van der Waals surface area contributed by atoms with Crippen molar-refractivity contribution in [2.24, 2.45) is 0 Å². The van der Waals surface area contributed by atoms with Crippen LogP contribution in [0, 0.1) is 0 Å². The third kappa shape index (κ3) is 3.65. The van der Waals surface area contributed by atoms with Crippen LogP contribution in [-0.2, 0) is 15.1 Å². The van der Waals surface area contributed by atoms with Crippen molar-refractivity contribution in [1.82, 2.24) is 15.5 Å². The third-order valence-electron chi connectivity index (χ3n) is 4.39. The number of benzene rings is 1. The van der Waals surface area contributed by atoms with Gasteiger partial charge in [-0.25, -0.2) is 4.79 Å². The van der Waals surface area contributed by atoms with Crippen molar-refractivity contribution >= 4 is 41.0 Å². The van der Waals surface area contributed by atoms with Gasteiger partial charge in [0, 0.05) is 15.6 Å². The lowest BCUT2D eigenvalue weighted by Gasteiger charge is -2.23. The fraction of sp³-hybridized carbons (Fsp3) is 0.278. The second-order valence-electron chi connectivity index (χ2n) is 6.38. The number of halogens is 2. The van der Waals surface area contributed by atoms with E-state index in [-0.39, 0.29) is 5.02 Å². The molecular weight excluding hydrogens is 393 g/mol. The summed E-state index contributed by atoms with van der Waals surface area (Å²) in [7, 11) is 0. The summed E-state index contributed by atoms with van der Waals surface area (Å²) in [6.07, 6.45) is 1.50. The lowest BCUT2D eigenvalue weighted by Crippen LogP contribution is -2.43. The second kappa shape index (κ2) is 7.25. The van der Waals surface area contributed by atoms with E-state index in [0.717, 1.165) is 4.90 Å². The maximum absolute atomic E-state index is 12.9. The zero-order valence-corrected chi connectivity index (χ0v) is 16.1. The minimum absolute atomic E-state index is 0.247. The van der Waals surface area contributed by atoms with E-state index in [1.165, 1.54) is 19.3 Å². The molecule has 0 saturated carbocycles. The van der Waals surface area contributed by atoms with Crippen LogP contribution in [0.15, 0.2) is 41.0 Å². The SMILES string of the molecule is C[C@H](NC(=O)CN1C(=O)N[C@](C)(c2ccc(Cl)cc2Cl)C1=O)c1ccco1. The molecule has 7 nitrogen and oxygen atoms in total. The van der Waals surface area contributed by atoms with Gasteiger partial charge < -0.3 is 15.1 Å².